The fraction of sp³-hybridized carbons (Fsp3) is 0.526. The number of alkyl halides is 3. The lowest BCUT2D eigenvalue weighted by Gasteiger charge is -2.42. The number of hydrazine groups is 1. The average molecular weight is 378 g/mol. The summed E-state index contributed by atoms with van der Waals surface area (Å²) in [5, 5.41) is 0.811. The van der Waals surface area contributed by atoms with Gasteiger partial charge in [-0.15, -0.1) is 0 Å². The van der Waals surface area contributed by atoms with Gasteiger partial charge >= 0.3 is 6.18 Å². The third-order valence-electron chi connectivity index (χ3n) is 6.83. The Morgan fingerprint density at radius 1 is 0.926 bits per heavy atom. The molecule has 142 valence electrons. The van der Waals surface area contributed by atoms with E-state index in [1.165, 1.54) is 0 Å². The summed E-state index contributed by atoms with van der Waals surface area (Å²) in [6.45, 7) is 0. The zero-order valence-corrected chi connectivity index (χ0v) is 14.2. The lowest BCUT2D eigenvalue weighted by atomic mass is 9.59. The molecule has 5 nitrogen and oxygen atoms in total. The molecule has 3 amide bonds. The Morgan fingerprint density at radius 2 is 1.44 bits per heavy atom. The van der Waals surface area contributed by atoms with E-state index < -0.39 is 17.6 Å². The number of nitrogens with zero attached hydrogens (tertiary/aromatic N) is 1. The van der Waals surface area contributed by atoms with Crippen molar-refractivity contribution in [1.82, 2.24) is 10.4 Å². The molecule has 6 rings (SSSR count). The summed E-state index contributed by atoms with van der Waals surface area (Å²) in [5.74, 6) is -0.707. The van der Waals surface area contributed by atoms with E-state index in [-0.39, 0.29) is 41.0 Å². The highest BCUT2D eigenvalue weighted by molar-refractivity contribution is 6.08. The Labute approximate surface area is 152 Å². The van der Waals surface area contributed by atoms with Gasteiger partial charge in [0.25, 0.3) is 17.7 Å². The standard InChI is InChI=1S/C19H17F3N2O3/c20-19(21,22)9-3-1-8(2-4-9)16(25)23-24-17(26)14-10-5-6-11(13-7-12(10)13)15(14)18(24)27/h1-4,10-15H,5-7H2,(H,23,25)/t10?,11?,12-,13-,14-,15+/m0/s1. The first kappa shape index (κ1) is 16.8. The maximum absolute atomic E-state index is 12.8. The minimum absolute atomic E-state index is 0.0377. The smallest absolute Gasteiger partial charge is 0.272 e. The van der Waals surface area contributed by atoms with Crippen LogP contribution in [0.5, 0.6) is 0 Å². The molecule has 1 saturated heterocycles. The van der Waals surface area contributed by atoms with Crippen LogP contribution in [0.3, 0.4) is 0 Å². The number of rotatable bonds is 2. The third kappa shape index (κ3) is 2.34. The van der Waals surface area contributed by atoms with Gasteiger partial charge in [0.15, 0.2) is 0 Å². The van der Waals surface area contributed by atoms with Gasteiger partial charge < -0.3 is 0 Å². The molecule has 2 unspecified atom stereocenters. The number of amides is 3. The van der Waals surface area contributed by atoms with E-state index in [9.17, 15) is 27.6 Å². The molecule has 0 radical (unpaired) electrons. The second-order valence-electron chi connectivity index (χ2n) is 8.05. The number of imide groups is 1. The highest BCUT2D eigenvalue weighted by Crippen LogP contribution is 2.67. The molecule has 5 aliphatic rings. The van der Waals surface area contributed by atoms with Crippen LogP contribution in [-0.4, -0.2) is 22.7 Å². The average Bonchev–Trinajstić information content (AvgIpc) is 3.42. The van der Waals surface area contributed by atoms with Crippen molar-refractivity contribution in [3.8, 4) is 0 Å². The molecule has 1 aliphatic heterocycles. The fourth-order valence-corrected chi connectivity index (χ4v) is 5.62. The SMILES string of the molecule is O=C(NN1C(=O)[C@@H]2C3CCC([C@@H]4C[C@@H]34)[C@@H]2C1=O)c1ccc(C(F)(F)F)cc1. The van der Waals surface area contributed by atoms with E-state index in [1.807, 2.05) is 0 Å². The first-order valence-corrected chi connectivity index (χ1v) is 9.13. The van der Waals surface area contributed by atoms with E-state index in [1.54, 1.807) is 0 Å². The van der Waals surface area contributed by atoms with Crippen molar-refractivity contribution in [3.63, 3.8) is 0 Å². The number of hydrogen-bond acceptors (Lipinski definition) is 3. The lowest BCUT2D eigenvalue weighted by molar-refractivity contribution is -0.143. The Bertz CT molecular complexity index is 817. The molecule has 1 aromatic rings. The van der Waals surface area contributed by atoms with Crippen LogP contribution in [0.15, 0.2) is 24.3 Å². The van der Waals surface area contributed by atoms with Gasteiger partial charge in [-0.05, 0) is 67.2 Å². The summed E-state index contributed by atoms with van der Waals surface area (Å²) < 4.78 is 37.9. The van der Waals surface area contributed by atoms with E-state index in [2.05, 4.69) is 5.43 Å². The topological polar surface area (TPSA) is 66.5 Å². The van der Waals surface area contributed by atoms with Crippen LogP contribution in [0, 0.1) is 35.5 Å². The van der Waals surface area contributed by atoms with Crippen molar-refractivity contribution < 1.29 is 27.6 Å². The second kappa shape index (κ2) is 5.33. The third-order valence-corrected chi connectivity index (χ3v) is 6.83. The first-order valence-electron chi connectivity index (χ1n) is 9.13. The van der Waals surface area contributed by atoms with Crippen LogP contribution in [0.25, 0.3) is 0 Å². The molecule has 4 aliphatic carbocycles. The zero-order chi connectivity index (χ0) is 19.1. The van der Waals surface area contributed by atoms with E-state index in [4.69, 9.17) is 0 Å². The molecule has 5 fully saturated rings. The molecule has 4 saturated carbocycles. The summed E-state index contributed by atoms with van der Waals surface area (Å²) >= 11 is 0. The monoisotopic (exact) mass is 378 g/mol. The summed E-state index contributed by atoms with van der Waals surface area (Å²) in [6.07, 6.45) is -1.49. The minimum Gasteiger partial charge on any atom is -0.272 e. The predicted octanol–water partition coefficient (Wildman–Crippen LogP) is 2.63. The second-order valence-corrected chi connectivity index (χ2v) is 8.05. The molecule has 0 aromatic heterocycles. The Morgan fingerprint density at radius 3 is 1.93 bits per heavy atom. The summed E-state index contributed by atoms with van der Waals surface area (Å²) in [4.78, 5) is 38.0. The number of halogens is 3. The first-order chi connectivity index (χ1) is 12.8. The molecule has 1 aromatic carbocycles. The Balaban J connectivity index is 1.35. The number of hydrogen-bond donors (Lipinski definition) is 1. The van der Waals surface area contributed by atoms with Crippen LogP contribution in [0.4, 0.5) is 13.2 Å². The quantitative estimate of drug-likeness (QED) is 0.805. The van der Waals surface area contributed by atoms with Gasteiger partial charge in [-0.1, -0.05) is 0 Å². The van der Waals surface area contributed by atoms with Gasteiger partial charge in [0, 0.05) is 5.56 Å². The van der Waals surface area contributed by atoms with Crippen LogP contribution in [0.2, 0.25) is 0 Å². The number of nitrogens with one attached hydrogen (secondary N) is 1. The fourth-order valence-electron chi connectivity index (χ4n) is 5.62. The maximum atomic E-state index is 12.8. The van der Waals surface area contributed by atoms with Crippen molar-refractivity contribution in [2.24, 2.45) is 35.5 Å². The Kier molecular flexibility index (Phi) is 3.31. The largest absolute Gasteiger partial charge is 0.416 e. The molecular weight excluding hydrogens is 361 g/mol. The molecular formula is C19H17F3N2O3. The molecule has 0 spiro atoms. The minimum atomic E-state index is -4.49. The lowest BCUT2D eigenvalue weighted by Crippen LogP contribution is -2.46. The normalized spacial score (nSPS) is 36.5. The Hall–Kier alpha value is -2.38. The van der Waals surface area contributed by atoms with Gasteiger partial charge in [-0.2, -0.15) is 18.2 Å². The van der Waals surface area contributed by atoms with Crippen LogP contribution in [0.1, 0.15) is 35.2 Å². The van der Waals surface area contributed by atoms with Crippen molar-refractivity contribution in [2.45, 2.75) is 25.4 Å². The number of benzene rings is 1. The number of fused-ring (bicyclic) bond motifs is 1. The van der Waals surface area contributed by atoms with Crippen molar-refractivity contribution in [3.05, 3.63) is 35.4 Å². The highest BCUT2D eigenvalue weighted by Gasteiger charge is 2.68. The number of carbonyl (C=O) groups is 3. The van der Waals surface area contributed by atoms with Crippen molar-refractivity contribution in [2.75, 3.05) is 0 Å². The van der Waals surface area contributed by atoms with E-state index in [0.717, 1.165) is 48.5 Å². The van der Waals surface area contributed by atoms with Gasteiger partial charge in [0.05, 0.1) is 17.4 Å². The highest BCUT2D eigenvalue weighted by atomic mass is 19.4. The van der Waals surface area contributed by atoms with Crippen LogP contribution >= 0.6 is 0 Å². The van der Waals surface area contributed by atoms with Gasteiger partial charge in [0.1, 0.15) is 0 Å². The number of carbonyl (C=O) groups excluding carboxylic acids is 3. The molecule has 2 bridgehead atoms. The van der Waals surface area contributed by atoms with Gasteiger partial charge in [0.2, 0.25) is 0 Å². The van der Waals surface area contributed by atoms with Crippen molar-refractivity contribution in [1.29, 1.82) is 0 Å². The summed E-state index contributed by atoms with van der Waals surface area (Å²) in [6, 6.07) is 3.68. The van der Waals surface area contributed by atoms with Gasteiger partial charge in [-0.25, -0.2) is 0 Å². The van der Waals surface area contributed by atoms with Crippen LogP contribution < -0.4 is 5.43 Å². The summed E-state index contributed by atoms with van der Waals surface area (Å²) in [5.41, 5.74) is 1.42. The molecule has 8 heteroatoms. The predicted molar refractivity (Wildman–Crippen MR) is 85.6 cm³/mol. The summed E-state index contributed by atoms with van der Waals surface area (Å²) in [7, 11) is 0. The van der Waals surface area contributed by atoms with Gasteiger partial charge in [-0.3, -0.25) is 19.8 Å². The zero-order valence-electron chi connectivity index (χ0n) is 14.2. The van der Waals surface area contributed by atoms with E-state index >= 15 is 0 Å². The maximum Gasteiger partial charge on any atom is 0.416 e. The molecule has 27 heavy (non-hydrogen) atoms. The van der Waals surface area contributed by atoms with E-state index in [0.29, 0.717) is 11.8 Å². The van der Waals surface area contributed by atoms with Crippen molar-refractivity contribution >= 4 is 17.7 Å². The molecule has 6 atom stereocenters. The molecule has 1 N–H and O–H groups in total. The molecule has 1 heterocycles. The van der Waals surface area contributed by atoms with Crippen LogP contribution in [-0.2, 0) is 15.8 Å².